The normalized spacial score (nSPS) is 26.3. The minimum absolute atomic E-state index is 0.0786. The topological polar surface area (TPSA) is 49.4 Å². The van der Waals surface area contributed by atoms with Crippen LogP contribution < -0.4 is 5.32 Å². The lowest BCUT2D eigenvalue weighted by atomic mass is 9.92. The van der Waals surface area contributed by atoms with Gasteiger partial charge in [-0.2, -0.15) is 0 Å². The molecule has 4 nitrogen and oxygen atoms in total. The van der Waals surface area contributed by atoms with Crippen molar-refractivity contribution in [2.45, 2.75) is 37.8 Å². The number of carbonyl (C=O) groups excluding carboxylic acids is 2. The summed E-state index contributed by atoms with van der Waals surface area (Å²) in [5, 5.41) is 2.66. The van der Waals surface area contributed by atoms with Gasteiger partial charge in [0.05, 0.1) is 0 Å². The van der Waals surface area contributed by atoms with Crippen LogP contribution in [0.1, 0.15) is 25.7 Å². The van der Waals surface area contributed by atoms with Crippen LogP contribution in [-0.4, -0.2) is 35.3 Å². The van der Waals surface area contributed by atoms with Crippen molar-refractivity contribution in [3.63, 3.8) is 0 Å². The second-order valence-corrected chi connectivity index (χ2v) is 4.17. The molecule has 0 aromatic rings. The van der Waals surface area contributed by atoms with Crippen LogP contribution in [0.3, 0.4) is 0 Å². The molecule has 1 aliphatic carbocycles. The molecule has 4 heteroatoms. The molecule has 15 heavy (non-hydrogen) atoms. The third kappa shape index (κ3) is 1.89. The number of nitrogens with one attached hydrogen (secondary N) is 1. The molecule has 2 fully saturated rings. The van der Waals surface area contributed by atoms with Crippen LogP contribution in [0.25, 0.3) is 0 Å². The smallest absolute Gasteiger partial charge is 0.245 e. The van der Waals surface area contributed by atoms with Gasteiger partial charge in [-0.3, -0.25) is 9.59 Å². The number of carbonyl (C=O) groups is 2. The van der Waals surface area contributed by atoms with E-state index >= 15 is 0 Å². The van der Waals surface area contributed by atoms with E-state index in [0.717, 1.165) is 25.8 Å². The summed E-state index contributed by atoms with van der Waals surface area (Å²) in [7, 11) is 0. The molecule has 2 rings (SSSR count). The Morgan fingerprint density at radius 3 is 2.73 bits per heavy atom. The predicted octanol–water partition coefficient (Wildman–Crippen LogP) is 0.442. The molecule has 0 aromatic heterocycles. The summed E-state index contributed by atoms with van der Waals surface area (Å²) in [5.74, 6) is -0.182. The Hall–Kier alpha value is -1.32. The van der Waals surface area contributed by atoms with Gasteiger partial charge in [0.15, 0.2) is 0 Å². The maximum atomic E-state index is 11.9. The van der Waals surface area contributed by atoms with E-state index in [2.05, 4.69) is 11.9 Å². The second-order valence-electron chi connectivity index (χ2n) is 4.17. The fourth-order valence-corrected chi connectivity index (χ4v) is 2.13. The highest BCUT2D eigenvalue weighted by molar-refractivity contribution is 5.93. The molecule has 0 aromatic carbocycles. The molecule has 2 aliphatic rings. The molecular formula is C11H16N2O2. The number of hydrogen-bond donors (Lipinski definition) is 1. The Bertz CT molecular complexity index is 297. The number of rotatable bonds is 3. The van der Waals surface area contributed by atoms with Crippen LogP contribution >= 0.6 is 0 Å². The fraction of sp³-hybridized carbons (Fsp3) is 0.636. The zero-order chi connectivity index (χ0) is 10.8. The Labute approximate surface area is 89.3 Å². The second kappa shape index (κ2) is 4.04. The summed E-state index contributed by atoms with van der Waals surface area (Å²) < 4.78 is 0. The van der Waals surface area contributed by atoms with Crippen LogP contribution in [0.15, 0.2) is 12.7 Å². The zero-order valence-corrected chi connectivity index (χ0v) is 8.74. The first kappa shape index (κ1) is 10.2. The first-order valence-corrected chi connectivity index (χ1v) is 5.46. The van der Waals surface area contributed by atoms with Crippen molar-refractivity contribution in [3.8, 4) is 0 Å². The van der Waals surface area contributed by atoms with Gasteiger partial charge in [0.25, 0.3) is 0 Å². The molecule has 1 unspecified atom stereocenters. The van der Waals surface area contributed by atoms with Gasteiger partial charge in [0, 0.05) is 12.6 Å². The van der Waals surface area contributed by atoms with Crippen molar-refractivity contribution in [1.29, 1.82) is 0 Å². The summed E-state index contributed by atoms with van der Waals surface area (Å²) >= 11 is 0. The Morgan fingerprint density at radius 2 is 2.20 bits per heavy atom. The van der Waals surface area contributed by atoms with E-state index in [1.807, 2.05) is 4.90 Å². The van der Waals surface area contributed by atoms with Gasteiger partial charge in [-0.15, -0.1) is 0 Å². The van der Waals surface area contributed by atoms with E-state index in [9.17, 15) is 9.59 Å². The molecule has 0 spiro atoms. The first-order chi connectivity index (χ1) is 7.22. The van der Waals surface area contributed by atoms with Crippen molar-refractivity contribution >= 4 is 11.8 Å². The van der Waals surface area contributed by atoms with E-state index < -0.39 is 0 Å². The number of nitrogens with zero attached hydrogens (tertiary/aromatic N) is 1. The summed E-state index contributed by atoms with van der Waals surface area (Å²) in [4.78, 5) is 24.9. The lowest BCUT2D eigenvalue weighted by molar-refractivity contribution is -0.134. The molecule has 1 saturated carbocycles. The van der Waals surface area contributed by atoms with Gasteiger partial charge >= 0.3 is 0 Å². The van der Waals surface area contributed by atoms with E-state index in [4.69, 9.17) is 0 Å². The SMILES string of the molecule is C=CC(=O)NC1CCN(C2CCC2)C1=O. The van der Waals surface area contributed by atoms with Crippen LogP contribution in [0.2, 0.25) is 0 Å². The number of hydrogen-bond acceptors (Lipinski definition) is 2. The largest absolute Gasteiger partial charge is 0.341 e. The number of likely N-dealkylation sites (tertiary alicyclic amines) is 1. The van der Waals surface area contributed by atoms with Crippen molar-refractivity contribution < 1.29 is 9.59 Å². The summed E-state index contributed by atoms with van der Waals surface area (Å²) in [6.45, 7) is 4.16. The molecule has 1 saturated heterocycles. The van der Waals surface area contributed by atoms with Crippen LogP contribution in [0.5, 0.6) is 0 Å². The molecule has 0 radical (unpaired) electrons. The van der Waals surface area contributed by atoms with Crippen molar-refractivity contribution in [3.05, 3.63) is 12.7 Å². The molecular weight excluding hydrogens is 192 g/mol. The van der Waals surface area contributed by atoms with Crippen molar-refractivity contribution in [2.24, 2.45) is 0 Å². The summed E-state index contributed by atoms with van der Waals surface area (Å²) in [6.07, 6.45) is 5.40. The monoisotopic (exact) mass is 208 g/mol. The molecule has 0 bridgehead atoms. The highest BCUT2D eigenvalue weighted by atomic mass is 16.2. The molecule has 1 atom stereocenters. The Balaban J connectivity index is 1.91. The van der Waals surface area contributed by atoms with Gasteiger partial charge in [0.2, 0.25) is 11.8 Å². The van der Waals surface area contributed by atoms with Gasteiger partial charge < -0.3 is 10.2 Å². The summed E-state index contributed by atoms with van der Waals surface area (Å²) in [5.41, 5.74) is 0. The predicted molar refractivity (Wildman–Crippen MR) is 56.1 cm³/mol. The Kier molecular flexibility index (Phi) is 2.75. The third-order valence-corrected chi connectivity index (χ3v) is 3.26. The van der Waals surface area contributed by atoms with E-state index in [0.29, 0.717) is 6.04 Å². The molecule has 82 valence electrons. The first-order valence-electron chi connectivity index (χ1n) is 5.46. The molecule has 1 aliphatic heterocycles. The maximum Gasteiger partial charge on any atom is 0.245 e. The van der Waals surface area contributed by atoms with E-state index in [-0.39, 0.29) is 17.9 Å². The van der Waals surface area contributed by atoms with Gasteiger partial charge in [-0.1, -0.05) is 6.58 Å². The highest BCUT2D eigenvalue weighted by Gasteiger charge is 2.38. The third-order valence-electron chi connectivity index (χ3n) is 3.26. The standard InChI is InChI=1S/C11H16N2O2/c1-2-10(14)12-9-6-7-13(11(9)15)8-4-3-5-8/h2,8-9H,1,3-7H2,(H,12,14). The molecule has 1 heterocycles. The lowest BCUT2D eigenvalue weighted by Gasteiger charge is -2.34. The van der Waals surface area contributed by atoms with Gasteiger partial charge in [0.1, 0.15) is 6.04 Å². The molecule has 2 amide bonds. The summed E-state index contributed by atoms with van der Waals surface area (Å²) in [6, 6.07) is 0.110. The minimum Gasteiger partial charge on any atom is -0.341 e. The van der Waals surface area contributed by atoms with Gasteiger partial charge in [-0.25, -0.2) is 0 Å². The average molecular weight is 208 g/mol. The van der Waals surface area contributed by atoms with Crippen LogP contribution in [0, 0.1) is 0 Å². The van der Waals surface area contributed by atoms with E-state index in [1.165, 1.54) is 12.5 Å². The van der Waals surface area contributed by atoms with Crippen molar-refractivity contribution in [2.75, 3.05) is 6.54 Å². The quantitative estimate of drug-likeness (QED) is 0.684. The highest BCUT2D eigenvalue weighted by Crippen LogP contribution is 2.28. The van der Waals surface area contributed by atoms with Crippen LogP contribution in [-0.2, 0) is 9.59 Å². The van der Waals surface area contributed by atoms with Gasteiger partial charge in [-0.05, 0) is 31.8 Å². The van der Waals surface area contributed by atoms with Crippen LogP contribution in [0.4, 0.5) is 0 Å². The molecule has 1 N–H and O–H groups in total. The zero-order valence-electron chi connectivity index (χ0n) is 8.74. The minimum atomic E-state index is -0.323. The average Bonchev–Trinajstić information content (AvgIpc) is 2.48. The van der Waals surface area contributed by atoms with E-state index in [1.54, 1.807) is 0 Å². The number of amides is 2. The fourth-order valence-electron chi connectivity index (χ4n) is 2.13. The lowest BCUT2D eigenvalue weighted by Crippen LogP contribution is -2.46. The van der Waals surface area contributed by atoms with Crippen molar-refractivity contribution in [1.82, 2.24) is 10.2 Å². The Morgan fingerprint density at radius 1 is 1.47 bits per heavy atom. The maximum absolute atomic E-state index is 11.9.